The van der Waals surface area contributed by atoms with E-state index in [0.29, 0.717) is 5.92 Å². The topological polar surface area (TPSA) is 9.23 Å². The molecule has 1 aliphatic rings. The van der Waals surface area contributed by atoms with Crippen LogP contribution in [0.25, 0.3) is 0 Å². The largest absolute Gasteiger partial charge is 0.485 e. The number of rotatable bonds is 1. The van der Waals surface area contributed by atoms with Crippen molar-refractivity contribution in [2.75, 3.05) is 0 Å². The van der Waals surface area contributed by atoms with Crippen molar-refractivity contribution >= 4 is 23.2 Å². The van der Waals surface area contributed by atoms with Crippen LogP contribution < -0.4 is 4.74 Å². The summed E-state index contributed by atoms with van der Waals surface area (Å²) in [4.78, 5) is 0. The van der Waals surface area contributed by atoms with Gasteiger partial charge in [0.05, 0.1) is 0 Å². The second-order valence-corrected chi connectivity index (χ2v) is 5.90. The van der Waals surface area contributed by atoms with E-state index in [4.69, 9.17) is 27.9 Å². The molecule has 98 valence electrons. The first-order valence-corrected chi connectivity index (χ1v) is 7.09. The van der Waals surface area contributed by atoms with Gasteiger partial charge in [0.2, 0.25) is 0 Å². The standard InChI is InChI=1S/C16H14Cl2O/c1-10-8-12-9-14(18)6-7-15(12)19-16(10)11-2-4-13(17)5-3-11/h2-7,9-10,16H,8H2,1H3. The Kier molecular flexibility index (Phi) is 3.42. The lowest BCUT2D eigenvalue weighted by molar-refractivity contribution is 0.123. The third kappa shape index (κ3) is 2.58. The highest BCUT2D eigenvalue weighted by Crippen LogP contribution is 2.39. The molecule has 0 radical (unpaired) electrons. The minimum absolute atomic E-state index is 0.0749. The van der Waals surface area contributed by atoms with Gasteiger partial charge in [0.15, 0.2) is 0 Å². The maximum Gasteiger partial charge on any atom is 0.127 e. The molecule has 0 saturated heterocycles. The number of ether oxygens (including phenoxy) is 1. The predicted molar refractivity (Wildman–Crippen MR) is 79.1 cm³/mol. The molecule has 2 aromatic carbocycles. The Labute approximate surface area is 123 Å². The zero-order valence-electron chi connectivity index (χ0n) is 10.6. The predicted octanol–water partition coefficient (Wildman–Crippen LogP) is 5.31. The van der Waals surface area contributed by atoms with Crippen LogP contribution in [0, 0.1) is 5.92 Å². The average Bonchev–Trinajstić information content (AvgIpc) is 2.39. The average molecular weight is 293 g/mol. The summed E-state index contributed by atoms with van der Waals surface area (Å²) < 4.78 is 6.12. The Bertz CT molecular complexity index is 592. The monoisotopic (exact) mass is 292 g/mol. The highest BCUT2D eigenvalue weighted by molar-refractivity contribution is 6.30. The molecule has 0 aromatic heterocycles. The summed E-state index contributed by atoms with van der Waals surface area (Å²) in [6.07, 6.45) is 1.05. The second-order valence-electron chi connectivity index (χ2n) is 5.02. The molecule has 0 bridgehead atoms. The van der Waals surface area contributed by atoms with Crippen LogP contribution in [0.5, 0.6) is 5.75 Å². The summed E-state index contributed by atoms with van der Waals surface area (Å²) in [5, 5.41) is 1.51. The van der Waals surface area contributed by atoms with E-state index in [0.717, 1.165) is 27.8 Å². The minimum Gasteiger partial charge on any atom is -0.485 e. The van der Waals surface area contributed by atoms with Crippen molar-refractivity contribution in [1.82, 2.24) is 0 Å². The maximum atomic E-state index is 6.12. The van der Waals surface area contributed by atoms with Gasteiger partial charge in [-0.05, 0) is 47.9 Å². The van der Waals surface area contributed by atoms with E-state index in [1.54, 1.807) is 0 Å². The molecule has 0 fully saturated rings. The second kappa shape index (κ2) is 5.07. The molecule has 2 unspecified atom stereocenters. The highest BCUT2D eigenvalue weighted by Gasteiger charge is 2.28. The normalized spacial score (nSPS) is 21.6. The summed E-state index contributed by atoms with van der Waals surface area (Å²) in [7, 11) is 0. The molecular weight excluding hydrogens is 279 g/mol. The molecule has 0 saturated carbocycles. The van der Waals surface area contributed by atoms with Crippen molar-refractivity contribution in [2.24, 2.45) is 5.92 Å². The molecule has 1 heterocycles. The van der Waals surface area contributed by atoms with Gasteiger partial charge in [0, 0.05) is 16.0 Å². The van der Waals surface area contributed by atoms with Crippen LogP contribution in [0.3, 0.4) is 0 Å². The number of benzene rings is 2. The van der Waals surface area contributed by atoms with Crippen LogP contribution in [0.1, 0.15) is 24.2 Å². The van der Waals surface area contributed by atoms with E-state index >= 15 is 0 Å². The molecule has 19 heavy (non-hydrogen) atoms. The van der Waals surface area contributed by atoms with Gasteiger partial charge in [0.1, 0.15) is 11.9 Å². The third-order valence-corrected chi connectivity index (χ3v) is 4.02. The van der Waals surface area contributed by atoms with Crippen LogP contribution in [-0.4, -0.2) is 0 Å². The summed E-state index contributed by atoms with van der Waals surface area (Å²) in [5.41, 5.74) is 2.35. The Morgan fingerprint density at radius 3 is 2.42 bits per heavy atom. The molecule has 0 spiro atoms. The van der Waals surface area contributed by atoms with Crippen LogP contribution in [0.15, 0.2) is 42.5 Å². The molecule has 1 nitrogen and oxygen atoms in total. The fourth-order valence-electron chi connectivity index (χ4n) is 2.58. The van der Waals surface area contributed by atoms with Crippen LogP contribution in [-0.2, 0) is 6.42 Å². The number of halogens is 2. The van der Waals surface area contributed by atoms with Gasteiger partial charge < -0.3 is 4.74 Å². The fraction of sp³-hybridized carbons (Fsp3) is 0.250. The van der Waals surface area contributed by atoms with Gasteiger partial charge in [-0.25, -0.2) is 0 Å². The third-order valence-electron chi connectivity index (χ3n) is 3.53. The molecular formula is C16H14Cl2O. The van der Waals surface area contributed by atoms with Gasteiger partial charge in [0.25, 0.3) is 0 Å². The minimum atomic E-state index is 0.0749. The van der Waals surface area contributed by atoms with Crippen molar-refractivity contribution in [3.05, 3.63) is 63.6 Å². The first-order chi connectivity index (χ1) is 9.13. The van der Waals surface area contributed by atoms with Crippen molar-refractivity contribution in [2.45, 2.75) is 19.4 Å². The van der Waals surface area contributed by atoms with Crippen molar-refractivity contribution in [1.29, 1.82) is 0 Å². The zero-order chi connectivity index (χ0) is 13.4. The Hall–Kier alpha value is -1.18. The quantitative estimate of drug-likeness (QED) is 0.692. The molecule has 0 aliphatic carbocycles. The summed E-state index contributed by atoms with van der Waals surface area (Å²) in [6.45, 7) is 2.20. The number of hydrogen-bond donors (Lipinski definition) is 0. The molecule has 0 N–H and O–H groups in total. The molecule has 1 aliphatic heterocycles. The summed E-state index contributed by atoms with van der Waals surface area (Å²) in [5.74, 6) is 1.34. The van der Waals surface area contributed by atoms with E-state index in [1.807, 2.05) is 42.5 Å². The van der Waals surface area contributed by atoms with Crippen LogP contribution >= 0.6 is 23.2 Å². The van der Waals surface area contributed by atoms with Crippen molar-refractivity contribution in [3.63, 3.8) is 0 Å². The lowest BCUT2D eigenvalue weighted by Crippen LogP contribution is -2.23. The maximum absolute atomic E-state index is 6.12. The SMILES string of the molecule is CC1Cc2cc(Cl)ccc2OC1c1ccc(Cl)cc1. The van der Waals surface area contributed by atoms with Gasteiger partial charge in [-0.15, -0.1) is 0 Å². The summed E-state index contributed by atoms with van der Waals surface area (Å²) in [6, 6.07) is 13.7. The van der Waals surface area contributed by atoms with Gasteiger partial charge in [-0.3, -0.25) is 0 Å². The molecule has 3 heteroatoms. The van der Waals surface area contributed by atoms with Gasteiger partial charge >= 0.3 is 0 Å². The lowest BCUT2D eigenvalue weighted by Gasteiger charge is -2.32. The number of fused-ring (bicyclic) bond motifs is 1. The van der Waals surface area contributed by atoms with Crippen LogP contribution in [0.4, 0.5) is 0 Å². The van der Waals surface area contributed by atoms with E-state index in [9.17, 15) is 0 Å². The Morgan fingerprint density at radius 1 is 1.00 bits per heavy atom. The van der Waals surface area contributed by atoms with Crippen molar-refractivity contribution in [3.8, 4) is 5.75 Å². The number of hydrogen-bond acceptors (Lipinski definition) is 1. The smallest absolute Gasteiger partial charge is 0.127 e. The summed E-state index contributed by atoms with van der Waals surface area (Å²) >= 11 is 12.0. The fourth-order valence-corrected chi connectivity index (χ4v) is 2.90. The Morgan fingerprint density at radius 2 is 1.68 bits per heavy atom. The van der Waals surface area contributed by atoms with E-state index in [1.165, 1.54) is 5.56 Å². The first kappa shape index (κ1) is 12.8. The van der Waals surface area contributed by atoms with E-state index in [2.05, 4.69) is 6.92 Å². The Balaban J connectivity index is 1.93. The van der Waals surface area contributed by atoms with Gasteiger partial charge in [-0.1, -0.05) is 42.3 Å². The molecule has 0 amide bonds. The van der Waals surface area contributed by atoms with E-state index < -0.39 is 0 Å². The zero-order valence-corrected chi connectivity index (χ0v) is 12.1. The highest BCUT2D eigenvalue weighted by atomic mass is 35.5. The lowest BCUT2D eigenvalue weighted by atomic mass is 9.88. The first-order valence-electron chi connectivity index (χ1n) is 6.34. The van der Waals surface area contributed by atoms with Crippen LogP contribution in [0.2, 0.25) is 10.0 Å². The molecule has 3 rings (SSSR count). The van der Waals surface area contributed by atoms with E-state index in [-0.39, 0.29) is 6.10 Å². The van der Waals surface area contributed by atoms with Crippen molar-refractivity contribution < 1.29 is 4.74 Å². The molecule has 2 aromatic rings. The van der Waals surface area contributed by atoms with Gasteiger partial charge in [-0.2, -0.15) is 0 Å². The molecule has 2 atom stereocenters.